The highest BCUT2D eigenvalue weighted by Crippen LogP contribution is 2.33. The Balaban J connectivity index is 1.50. The summed E-state index contributed by atoms with van der Waals surface area (Å²) in [4.78, 5) is 17.0. The van der Waals surface area contributed by atoms with Crippen molar-refractivity contribution in [3.63, 3.8) is 0 Å². The molecular formula is C20H30N2O3. The Morgan fingerprint density at radius 1 is 1.28 bits per heavy atom. The van der Waals surface area contributed by atoms with Crippen molar-refractivity contribution in [2.75, 3.05) is 40.0 Å². The van der Waals surface area contributed by atoms with Crippen molar-refractivity contribution in [1.29, 1.82) is 0 Å². The number of carbonyl (C=O) groups excluding carboxylic acids is 1. The number of amides is 1. The number of carbonyl (C=O) groups is 1. The predicted molar refractivity (Wildman–Crippen MR) is 97.0 cm³/mol. The molecule has 2 aliphatic heterocycles. The molecule has 0 spiro atoms. The summed E-state index contributed by atoms with van der Waals surface area (Å²) in [6.45, 7) is 4.92. The molecule has 1 atom stereocenters. The molecule has 5 heteroatoms. The fraction of sp³-hybridized carbons (Fsp3) is 0.650. The smallest absolute Gasteiger partial charge is 0.223 e. The first-order valence-corrected chi connectivity index (χ1v) is 9.32. The minimum absolute atomic E-state index is 0.127. The molecule has 1 amide bonds. The van der Waals surface area contributed by atoms with Crippen LogP contribution in [0.4, 0.5) is 0 Å². The van der Waals surface area contributed by atoms with Gasteiger partial charge in [-0.3, -0.25) is 9.69 Å². The summed E-state index contributed by atoms with van der Waals surface area (Å²) >= 11 is 0. The maximum absolute atomic E-state index is 12.7. The maximum atomic E-state index is 12.7. The second-order valence-corrected chi connectivity index (χ2v) is 7.55. The number of benzene rings is 1. The fourth-order valence-corrected chi connectivity index (χ4v) is 4.13. The number of aliphatic hydroxyl groups excluding tert-OH is 1. The standard InChI is InChI=1S/C20H30N2O3/c1-25-12-9-20(16-23)8-4-10-22(15-20)19(24)7-11-21-13-17-5-2-3-6-18(17)14-21/h2-3,5-6,23H,4,7-16H2,1H3. The van der Waals surface area contributed by atoms with E-state index in [-0.39, 0.29) is 17.9 Å². The van der Waals surface area contributed by atoms with Gasteiger partial charge < -0.3 is 14.7 Å². The average Bonchev–Trinajstić information content (AvgIpc) is 3.07. The minimum atomic E-state index is -0.187. The van der Waals surface area contributed by atoms with E-state index in [1.807, 2.05) is 4.90 Å². The molecule has 138 valence electrons. The van der Waals surface area contributed by atoms with Crippen LogP contribution in [0.2, 0.25) is 0 Å². The molecular weight excluding hydrogens is 316 g/mol. The van der Waals surface area contributed by atoms with Gasteiger partial charge in [-0.2, -0.15) is 0 Å². The second kappa shape index (κ2) is 8.30. The third-order valence-electron chi connectivity index (χ3n) is 5.73. The van der Waals surface area contributed by atoms with Crippen molar-refractivity contribution < 1.29 is 14.6 Å². The SMILES string of the molecule is COCCC1(CO)CCCN(C(=O)CCN2Cc3ccccc3C2)C1. The van der Waals surface area contributed by atoms with Gasteiger partial charge in [0.2, 0.25) is 5.91 Å². The lowest BCUT2D eigenvalue weighted by Crippen LogP contribution is -2.48. The molecule has 3 rings (SSSR count). The van der Waals surface area contributed by atoms with Gasteiger partial charge in [-0.05, 0) is 30.4 Å². The number of rotatable bonds is 7. The molecule has 1 fully saturated rings. The Labute approximate surface area is 150 Å². The quantitative estimate of drug-likeness (QED) is 0.821. The Morgan fingerprint density at radius 3 is 2.64 bits per heavy atom. The zero-order valence-electron chi connectivity index (χ0n) is 15.2. The van der Waals surface area contributed by atoms with Gasteiger partial charge in [-0.25, -0.2) is 0 Å². The van der Waals surface area contributed by atoms with Gasteiger partial charge in [0.05, 0.1) is 6.61 Å². The van der Waals surface area contributed by atoms with E-state index in [1.165, 1.54) is 11.1 Å². The van der Waals surface area contributed by atoms with Gasteiger partial charge in [0.1, 0.15) is 0 Å². The van der Waals surface area contributed by atoms with Crippen molar-refractivity contribution in [3.8, 4) is 0 Å². The highest BCUT2D eigenvalue weighted by atomic mass is 16.5. The molecule has 0 bridgehead atoms. The van der Waals surface area contributed by atoms with E-state index < -0.39 is 0 Å². The molecule has 1 unspecified atom stereocenters. The number of aliphatic hydroxyl groups is 1. The van der Waals surface area contributed by atoms with Crippen molar-refractivity contribution >= 4 is 5.91 Å². The van der Waals surface area contributed by atoms with Gasteiger partial charge in [0.25, 0.3) is 0 Å². The molecule has 0 saturated carbocycles. The van der Waals surface area contributed by atoms with Gasteiger partial charge in [0.15, 0.2) is 0 Å². The van der Waals surface area contributed by atoms with Crippen LogP contribution in [0.25, 0.3) is 0 Å². The molecule has 1 aromatic carbocycles. The first kappa shape index (κ1) is 18.4. The molecule has 0 aliphatic carbocycles. The lowest BCUT2D eigenvalue weighted by molar-refractivity contribution is -0.136. The zero-order chi connectivity index (χ0) is 17.7. The highest BCUT2D eigenvalue weighted by molar-refractivity contribution is 5.76. The van der Waals surface area contributed by atoms with Gasteiger partial charge in [-0.15, -0.1) is 0 Å². The zero-order valence-corrected chi connectivity index (χ0v) is 15.2. The van der Waals surface area contributed by atoms with Crippen LogP contribution in [0.1, 0.15) is 36.8 Å². The van der Waals surface area contributed by atoms with Crippen LogP contribution in [-0.4, -0.2) is 60.8 Å². The predicted octanol–water partition coefficient (Wildman–Crippen LogP) is 2.03. The van der Waals surface area contributed by atoms with Crippen LogP contribution >= 0.6 is 0 Å². The molecule has 1 N–H and O–H groups in total. The summed E-state index contributed by atoms with van der Waals surface area (Å²) in [5.41, 5.74) is 2.58. The number of ether oxygens (including phenoxy) is 1. The number of fused-ring (bicyclic) bond motifs is 1. The van der Waals surface area contributed by atoms with Crippen molar-refractivity contribution in [2.24, 2.45) is 5.41 Å². The molecule has 0 aromatic heterocycles. The van der Waals surface area contributed by atoms with Crippen LogP contribution in [0, 0.1) is 5.41 Å². The molecule has 0 radical (unpaired) electrons. The Bertz CT molecular complexity index is 567. The summed E-state index contributed by atoms with van der Waals surface area (Å²) < 4.78 is 5.19. The van der Waals surface area contributed by atoms with Crippen LogP contribution in [0.3, 0.4) is 0 Å². The topological polar surface area (TPSA) is 53.0 Å². The molecule has 1 saturated heterocycles. The van der Waals surface area contributed by atoms with E-state index in [4.69, 9.17) is 4.74 Å². The maximum Gasteiger partial charge on any atom is 0.223 e. The van der Waals surface area contributed by atoms with E-state index in [0.29, 0.717) is 19.6 Å². The van der Waals surface area contributed by atoms with Crippen LogP contribution in [-0.2, 0) is 22.6 Å². The van der Waals surface area contributed by atoms with E-state index in [9.17, 15) is 9.90 Å². The largest absolute Gasteiger partial charge is 0.396 e. The molecule has 2 heterocycles. The summed E-state index contributed by atoms with van der Waals surface area (Å²) in [7, 11) is 1.69. The number of hydrogen-bond acceptors (Lipinski definition) is 4. The number of methoxy groups -OCH3 is 1. The Kier molecular flexibility index (Phi) is 6.10. The van der Waals surface area contributed by atoms with Crippen LogP contribution in [0.15, 0.2) is 24.3 Å². The summed E-state index contributed by atoms with van der Waals surface area (Å²) in [6.07, 6.45) is 3.30. The summed E-state index contributed by atoms with van der Waals surface area (Å²) in [6, 6.07) is 8.51. The lowest BCUT2D eigenvalue weighted by Gasteiger charge is -2.42. The number of nitrogens with zero attached hydrogens (tertiary/aromatic N) is 2. The van der Waals surface area contributed by atoms with Crippen LogP contribution in [0.5, 0.6) is 0 Å². The first-order valence-electron chi connectivity index (χ1n) is 9.32. The first-order chi connectivity index (χ1) is 12.2. The van der Waals surface area contributed by atoms with E-state index >= 15 is 0 Å². The third kappa shape index (κ3) is 4.40. The number of likely N-dealkylation sites (tertiary alicyclic amines) is 1. The van der Waals surface area contributed by atoms with Crippen LogP contribution < -0.4 is 0 Å². The average molecular weight is 346 g/mol. The molecule has 2 aliphatic rings. The Morgan fingerprint density at radius 2 is 2.00 bits per heavy atom. The Hall–Kier alpha value is -1.43. The third-order valence-corrected chi connectivity index (χ3v) is 5.73. The monoisotopic (exact) mass is 346 g/mol. The number of hydrogen-bond donors (Lipinski definition) is 1. The number of piperidine rings is 1. The lowest BCUT2D eigenvalue weighted by atomic mass is 9.78. The molecule has 5 nitrogen and oxygen atoms in total. The summed E-state index contributed by atoms with van der Waals surface area (Å²) in [5.74, 6) is 0.214. The normalized spacial score (nSPS) is 23.7. The van der Waals surface area contributed by atoms with Crippen molar-refractivity contribution in [3.05, 3.63) is 35.4 Å². The second-order valence-electron chi connectivity index (χ2n) is 7.55. The van der Waals surface area contributed by atoms with E-state index in [0.717, 1.165) is 45.4 Å². The van der Waals surface area contributed by atoms with E-state index in [2.05, 4.69) is 29.2 Å². The van der Waals surface area contributed by atoms with Crippen molar-refractivity contribution in [1.82, 2.24) is 9.80 Å². The minimum Gasteiger partial charge on any atom is -0.396 e. The highest BCUT2D eigenvalue weighted by Gasteiger charge is 2.36. The molecule has 1 aromatic rings. The summed E-state index contributed by atoms with van der Waals surface area (Å²) in [5, 5.41) is 9.87. The van der Waals surface area contributed by atoms with Gasteiger partial charge in [0, 0.05) is 58.3 Å². The van der Waals surface area contributed by atoms with E-state index in [1.54, 1.807) is 7.11 Å². The van der Waals surface area contributed by atoms with Gasteiger partial charge >= 0.3 is 0 Å². The fourth-order valence-electron chi connectivity index (χ4n) is 4.13. The van der Waals surface area contributed by atoms with Gasteiger partial charge in [-0.1, -0.05) is 24.3 Å². The van der Waals surface area contributed by atoms with Crippen molar-refractivity contribution in [2.45, 2.75) is 38.8 Å². The molecule has 25 heavy (non-hydrogen) atoms.